The van der Waals surface area contributed by atoms with Crippen molar-refractivity contribution in [2.75, 3.05) is 5.32 Å². The van der Waals surface area contributed by atoms with Gasteiger partial charge in [0.1, 0.15) is 18.0 Å². The molecule has 8 nitrogen and oxygen atoms in total. The standard InChI is InChI=1S/C25H22FN7O/c1-3-20(17-7-5-4-6-8-17)25(34)30-22-13-16(2)31-33(22)24-21-14-29-32(23(21)27-15-28-24)19-11-9-18(26)10-12-19/h4-15,20H,3H2,1-2H3,(H,30,34)/t20-/m0/s1. The second-order valence-electron chi connectivity index (χ2n) is 7.91. The second-order valence-corrected chi connectivity index (χ2v) is 7.91. The predicted molar refractivity (Wildman–Crippen MR) is 127 cm³/mol. The average Bonchev–Trinajstić information content (AvgIpc) is 3.44. The van der Waals surface area contributed by atoms with Crippen molar-refractivity contribution in [3.05, 3.63) is 90.3 Å². The molecule has 0 unspecified atom stereocenters. The van der Waals surface area contributed by atoms with Crippen LogP contribution in [0.25, 0.3) is 22.5 Å². The average molecular weight is 455 g/mol. The Morgan fingerprint density at radius 2 is 1.82 bits per heavy atom. The van der Waals surface area contributed by atoms with Gasteiger partial charge in [-0.1, -0.05) is 37.3 Å². The summed E-state index contributed by atoms with van der Waals surface area (Å²) in [4.78, 5) is 22.0. The van der Waals surface area contributed by atoms with Crippen LogP contribution in [-0.4, -0.2) is 35.4 Å². The summed E-state index contributed by atoms with van der Waals surface area (Å²) in [6, 6.07) is 17.5. The Morgan fingerprint density at radius 3 is 2.56 bits per heavy atom. The lowest BCUT2D eigenvalue weighted by atomic mass is 9.96. The lowest BCUT2D eigenvalue weighted by molar-refractivity contribution is -0.117. The van der Waals surface area contributed by atoms with E-state index in [9.17, 15) is 9.18 Å². The first kappa shape index (κ1) is 21.4. The van der Waals surface area contributed by atoms with E-state index >= 15 is 0 Å². The van der Waals surface area contributed by atoms with Crippen molar-refractivity contribution in [2.24, 2.45) is 0 Å². The molecule has 0 bridgehead atoms. The second kappa shape index (κ2) is 8.86. The van der Waals surface area contributed by atoms with Crippen molar-refractivity contribution in [1.29, 1.82) is 0 Å². The quantitative estimate of drug-likeness (QED) is 0.405. The van der Waals surface area contributed by atoms with Gasteiger partial charge < -0.3 is 5.32 Å². The third-order valence-corrected chi connectivity index (χ3v) is 5.63. The zero-order chi connectivity index (χ0) is 23.7. The van der Waals surface area contributed by atoms with Crippen LogP contribution in [0, 0.1) is 12.7 Å². The molecule has 2 aromatic carbocycles. The third kappa shape index (κ3) is 3.92. The molecule has 0 saturated heterocycles. The minimum Gasteiger partial charge on any atom is -0.310 e. The Kier molecular flexibility index (Phi) is 5.59. The summed E-state index contributed by atoms with van der Waals surface area (Å²) in [6.07, 6.45) is 3.71. The fourth-order valence-electron chi connectivity index (χ4n) is 3.99. The smallest absolute Gasteiger partial charge is 0.233 e. The van der Waals surface area contributed by atoms with E-state index in [2.05, 4.69) is 25.5 Å². The highest BCUT2D eigenvalue weighted by atomic mass is 19.1. The third-order valence-electron chi connectivity index (χ3n) is 5.63. The number of hydrogen-bond acceptors (Lipinski definition) is 5. The van der Waals surface area contributed by atoms with Crippen LogP contribution >= 0.6 is 0 Å². The first-order chi connectivity index (χ1) is 16.5. The topological polar surface area (TPSA) is 90.5 Å². The van der Waals surface area contributed by atoms with Gasteiger partial charge in [-0.15, -0.1) is 0 Å². The molecule has 3 heterocycles. The number of halogens is 1. The number of amides is 1. The highest BCUT2D eigenvalue weighted by molar-refractivity contribution is 5.96. The normalized spacial score (nSPS) is 12.1. The predicted octanol–water partition coefficient (Wildman–Crippen LogP) is 4.58. The lowest BCUT2D eigenvalue weighted by Gasteiger charge is -2.16. The number of aromatic nitrogens is 6. The molecule has 0 radical (unpaired) electrons. The molecule has 1 atom stereocenters. The molecule has 0 aliphatic heterocycles. The van der Waals surface area contributed by atoms with Crippen LogP contribution in [0.4, 0.5) is 10.2 Å². The van der Waals surface area contributed by atoms with Crippen LogP contribution in [0.2, 0.25) is 0 Å². The van der Waals surface area contributed by atoms with Gasteiger partial charge >= 0.3 is 0 Å². The van der Waals surface area contributed by atoms with Crippen LogP contribution < -0.4 is 5.32 Å². The molecule has 0 saturated carbocycles. The van der Waals surface area contributed by atoms with E-state index in [4.69, 9.17) is 0 Å². The van der Waals surface area contributed by atoms with Crippen LogP contribution in [0.15, 0.2) is 73.2 Å². The van der Waals surface area contributed by atoms with Gasteiger partial charge in [-0.05, 0) is 43.2 Å². The molecule has 0 aliphatic rings. The van der Waals surface area contributed by atoms with Crippen LogP contribution in [0.3, 0.4) is 0 Å². The van der Waals surface area contributed by atoms with Crippen molar-refractivity contribution in [3.8, 4) is 11.5 Å². The number of fused-ring (bicyclic) bond motifs is 1. The van der Waals surface area contributed by atoms with Crippen LogP contribution in [0.1, 0.15) is 30.5 Å². The van der Waals surface area contributed by atoms with Gasteiger partial charge in [-0.2, -0.15) is 14.9 Å². The Labute approximate surface area is 195 Å². The van der Waals surface area contributed by atoms with Gasteiger partial charge in [0.25, 0.3) is 0 Å². The van der Waals surface area contributed by atoms with E-state index in [1.165, 1.54) is 18.5 Å². The van der Waals surface area contributed by atoms with Gasteiger partial charge in [0.15, 0.2) is 11.5 Å². The summed E-state index contributed by atoms with van der Waals surface area (Å²) in [5.41, 5.74) is 2.88. The summed E-state index contributed by atoms with van der Waals surface area (Å²) in [6.45, 7) is 3.83. The molecule has 1 N–H and O–H groups in total. The molecule has 9 heteroatoms. The number of nitrogens with zero attached hydrogens (tertiary/aromatic N) is 6. The molecule has 5 rings (SSSR count). The van der Waals surface area contributed by atoms with E-state index in [-0.39, 0.29) is 17.6 Å². The van der Waals surface area contributed by atoms with Crippen molar-refractivity contribution in [2.45, 2.75) is 26.2 Å². The van der Waals surface area contributed by atoms with Gasteiger partial charge in [0.2, 0.25) is 5.91 Å². The summed E-state index contributed by atoms with van der Waals surface area (Å²) >= 11 is 0. The van der Waals surface area contributed by atoms with Crippen molar-refractivity contribution >= 4 is 22.8 Å². The number of anilines is 1. The molecular formula is C25H22FN7O. The molecule has 1 amide bonds. The molecule has 0 spiro atoms. The molecule has 0 fully saturated rings. The number of nitrogens with one attached hydrogen (secondary N) is 1. The Hall–Kier alpha value is -4.40. The first-order valence-electron chi connectivity index (χ1n) is 10.9. The minimum atomic E-state index is -0.330. The first-order valence-corrected chi connectivity index (χ1v) is 10.9. The highest BCUT2D eigenvalue weighted by Gasteiger charge is 2.22. The Morgan fingerprint density at radius 1 is 1.06 bits per heavy atom. The summed E-state index contributed by atoms with van der Waals surface area (Å²) in [5.74, 6) is 0.239. The summed E-state index contributed by atoms with van der Waals surface area (Å²) in [7, 11) is 0. The van der Waals surface area contributed by atoms with Gasteiger partial charge in [-0.3, -0.25) is 4.79 Å². The monoisotopic (exact) mass is 455 g/mol. The number of carbonyl (C=O) groups excluding carboxylic acids is 1. The lowest BCUT2D eigenvalue weighted by Crippen LogP contribution is -2.22. The van der Waals surface area contributed by atoms with E-state index in [1.807, 2.05) is 44.2 Å². The number of carbonyl (C=O) groups is 1. The van der Waals surface area contributed by atoms with E-state index in [1.54, 1.807) is 33.8 Å². The maximum atomic E-state index is 13.4. The molecule has 0 aliphatic carbocycles. The molecule has 170 valence electrons. The van der Waals surface area contributed by atoms with Gasteiger partial charge in [-0.25, -0.2) is 19.0 Å². The van der Waals surface area contributed by atoms with Gasteiger partial charge in [0, 0.05) is 6.07 Å². The number of rotatable bonds is 6. The number of hydrogen-bond donors (Lipinski definition) is 1. The molecule has 34 heavy (non-hydrogen) atoms. The molecule has 5 aromatic rings. The number of aryl methyl sites for hydroxylation is 1. The fourth-order valence-corrected chi connectivity index (χ4v) is 3.99. The molecule has 3 aromatic heterocycles. The van der Waals surface area contributed by atoms with Crippen molar-refractivity contribution < 1.29 is 9.18 Å². The van der Waals surface area contributed by atoms with E-state index < -0.39 is 0 Å². The van der Waals surface area contributed by atoms with E-state index in [0.29, 0.717) is 34.8 Å². The van der Waals surface area contributed by atoms with Crippen LogP contribution in [-0.2, 0) is 4.79 Å². The van der Waals surface area contributed by atoms with Crippen molar-refractivity contribution in [3.63, 3.8) is 0 Å². The van der Waals surface area contributed by atoms with E-state index in [0.717, 1.165) is 11.3 Å². The summed E-state index contributed by atoms with van der Waals surface area (Å²) < 4.78 is 16.6. The maximum Gasteiger partial charge on any atom is 0.233 e. The summed E-state index contributed by atoms with van der Waals surface area (Å²) in [5, 5.41) is 12.6. The van der Waals surface area contributed by atoms with Crippen LogP contribution in [0.5, 0.6) is 0 Å². The largest absolute Gasteiger partial charge is 0.310 e. The van der Waals surface area contributed by atoms with Crippen molar-refractivity contribution in [1.82, 2.24) is 29.5 Å². The van der Waals surface area contributed by atoms with Gasteiger partial charge in [0.05, 0.1) is 28.9 Å². The number of benzene rings is 2. The Bertz CT molecular complexity index is 1460. The maximum absolute atomic E-state index is 13.4. The minimum absolute atomic E-state index is 0.123. The molecular weight excluding hydrogens is 433 g/mol. The Balaban J connectivity index is 1.53. The highest BCUT2D eigenvalue weighted by Crippen LogP contribution is 2.26. The zero-order valence-electron chi connectivity index (χ0n) is 18.7. The fraction of sp³-hybridized carbons (Fsp3) is 0.160. The SMILES string of the molecule is CC[C@H](C(=O)Nc1cc(C)nn1-c1ncnc2c1cnn2-c1ccc(F)cc1)c1ccccc1. The zero-order valence-corrected chi connectivity index (χ0v) is 18.7.